The van der Waals surface area contributed by atoms with Gasteiger partial charge in [-0.25, -0.2) is 9.78 Å². The van der Waals surface area contributed by atoms with Crippen LogP contribution in [0.15, 0.2) is 22.1 Å². The molecule has 2 aromatic rings. The normalized spacial score (nSPS) is 13.4. The van der Waals surface area contributed by atoms with Crippen molar-refractivity contribution >= 4 is 23.1 Å². The summed E-state index contributed by atoms with van der Waals surface area (Å²) in [6.07, 6.45) is -2.63. The Bertz CT molecular complexity index is 709. The van der Waals surface area contributed by atoms with E-state index >= 15 is 0 Å². The van der Waals surface area contributed by atoms with Crippen LogP contribution in [-0.2, 0) is 6.18 Å². The molecule has 0 aliphatic heterocycles. The van der Waals surface area contributed by atoms with Gasteiger partial charge in [0.1, 0.15) is 10.7 Å². The minimum atomic E-state index is -4.37. The third-order valence-electron chi connectivity index (χ3n) is 2.89. The molecular weight excluding hydrogens is 323 g/mol. The highest BCUT2D eigenvalue weighted by atomic mass is 32.2. The lowest BCUT2D eigenvalue weighted by atomic mass is 10.2. The molecule has 0 radical (unpaired) electrons. The van der Waals surface area contributed by atoms with E-state index < -0.39 is 22.8 Å². The molecule has 0 saturated carbocycles. The fourth-order valence-corrected chi connectivity index (χ4v) is 3.20. The Labute approximate surface area is 127 Å². The molecule has 0 spiro atoms. The van der Waals surface area contributed by atoms with Gasteiger partial charge in [-0.3, -0.25) is 4.57 Å². The van der Waals surface area contributed by atoms with E-state index in [9.17, 15) is 18.0 Å². The van der Waals surface area contributed by atoms with Gasteiger partial charge >= 0.3 is 11.9 Å². The van der Waals surface area contributed by atoms with E-state index in [-0.39, 0.29) is 0 Å². The van der Waals surface area contributed by atoms with E-state index in [1.54, 1.807) is 20.1 Å². The van der Waals surface area contributed by atoms with E-state index in [0.717, 1.165) is 6.07 Å². The van der Waals surface area contributed by atoms with Crippen molar-refractivity contribution in [3.05, 3.63) is 38.2 Å². The molecule has 2 heterocycles. The Morgan fingerprint density at radius 2 is 2.00 bits per heavy atom. The van der Waals surface area contributed by atoms with Crippen molar-refractivity contribution in [1.82, 2.24) is 14.5 Å². The Hall–Kier alpha value is -1.35. The van der Waals surface area contributed by atoms with Crippen LogP contribution in [0.25, 0.3) is 0 Å². The van der Waals surface area contributed by atoms with Crippen molar-refractivity contribution in [1.29, 1.82) is 0 Å². The monoisotopic (exact) mass is 335 g/mol. The summed E-state index contributed by atoms with van der Waals surface area (Å²) in [5.41, 5.74) is -0.513. The molecule has 0 saturated heterocycles. The van der Waals surface area contributed by atoms with Crippen molar-refractivity contribution in [3.8, 4) is 0 Å². The topological polar surface area (TPSA) is 47.8 Å². The van der Waals surface area contributed by atoms with E-state index in [4.69, 9.17) is 0 Å². The van der Waals surface area contributed by atoms with Gasteiger partial charge in [-0.15, -0.1) is 11.3 Å². The summed E-state index contributed by atoms with van der Waals surface area (Å²) < 4.78 is 39.2. The average Bonchev–Trinajstić information content (AvgIpc) is 2.86. The van der Waals surface area contributed by atoms with Crippen LogP contribution >= 0.6 is 23.1 Å². The van der Waals surface area contributed by atoms with Gasteiger partial charge in [-0.2, -0.15) is 18.2 Å². The fraction of sp³-hybridized carbons (Fsp3) is 0.417. The minimum Gasteiger partial charge on any atom is -0.272 e. The number of hydrogen-bond donors (Lipinski definition) is 0. The summed E-state index contributed by atoms with van der Waals surface area (Å²) >= 11 is 1.86. The van der Waals surface area contributed by atoms with Gasteiger partial charge in [0, 0.05) is 4.88 Å². The Balaban J connectivity index is 2.43. The van der Waals surface area contributed by atoms with Crippen LogP contribution in [0.2, 0.25) is 0 Å². The Morgan fingerprint density at radius 1 is 1.33 bits per heavy atom. The first-order valence-electron chi connectivity index (χ1n) is 5.92. The van der Waals surface area contributed by atoms with Gasteiger partial charge in [0.25, 0.3) is 0 Å². The second-order valence-corrected chi connectivity index (χ2v) is 6.17. The summed E-state index contributed by atoms with van der Waals surface area (Å²) in [5.74, 6) is 0.425. The molecule has 0 bridgehead atoms. The van der Waals surface area contributed by atoms with Gasteiger partial charge < -0.3 is 0 Å². The van der Waals surface area contributed by atoms with Crippen molar-refractivity contribution in [3.63, 3.8) is 0 Å². The second kappa shape index (κ2) is 5.80. The van der Waals surface area contributed by atoms with Gasteiger partial charge in [0.2, 0.25) is 0 Å². The maximum Gasteiger partial charge on any atom is 0.425 e. The number of rotatable bonds is 3. The number of nitrogens with zero attached hydrogens (tertiary/aromatic N) is 3. The largest absolute Gasteiger partial charge is 0.425 e. The zero-order chi connectivity index (χ0) is 15.8. The Morgan fingerprint density at radius 3 is 2.48 bits per heavy atom. The zero-order valence-corrected chi connectivity index (χ0v) is 13.1. The lowest BCUT2D eigenvalue weighted by molar-refractivity contribution is -0.134. The molecule has 0 N–H and O–H groups in total. The van der Waals surface area contributed by atoms with Gasteiger partial charge in [0.05, 0.1) is 6.04 Å². The SMILES string of the molecule is CSc1nc(C)n(C(C)c2ccc(C(F)(F)F)s2)c(=O)n1. The molecule has 0 fully saturated rings. The average molecular weight is 335 g/mol. The predicted molar refractivity (Wildman–Crippen MR) is 75.9 cm³/mol. The first-order chi connectivity index (χ1) is 9.74. The molecule has 0 aliphatic rings. The maximum atomic E-state index is 12.6. The lowest BCUT2D eigenvalue weighted by Crippen LogP contribution is -2.29. The lowest BCUT2D eigenvalue weighted by Gasteiger charge is -2.15. The Kier molecular flexibility index (Phi) is 4.43. The first kappa shape index (κ1) is 16.0. The molecule has 1 atom stereocenters. The molecule has 114 valence electrons. The summed E-state index contributed by atoms with van der Waals surface area (Å²) in [7, 11) is 0. The molecule has 1 unspecified atom stereocenters. The van der Waals surface area contributed by atoms with Crippen LogP contribution in [0.3, 0.4) is 0 Å². The highest BCUT2D eigenvalue weighted by Crippen LogP contribution is 2.37. The van der Waals surface area contributed by atoms with Crippen LogP contribution in [0.5, 0.6) is 0 Å². The van der Waals surface area contributed by atoms with Gasteiger partial charge in [-0.05, 0) is 32.2 Å². The van der Waals surface area contributed by atoms with Crippen molar-refractivity contribution < 1.29 is 13.2 Å². The van der Waals surface area contributed by atoms with Crippen LogP contribution in [0.1, 0.15) is 28.5 Å². The molecule has 9 heteroatoms. The summed E-state index contributed by atoms with van der Waals surface area (Å²) in [6.45, 7) is 3.29. The number of alkyl halides is 3. The molecular formula is C12H12F3N3OS2. The number of thioether (sulfide) groups is 1. The summed E-state index contributed by atoms with van der Waals surface area (Å²) in [6, 6.07) is 1.86. The summed E-state index contributed by atoms with van der Waals surface area (Å²) in [4.78, 5) is 19.7. The molecule has 0 amide bonds. The highest BCUT2D eigenvalue weighted by Gasteiger charge is 2.33. The number of thiophene rings is 1. The molecule has 4 nitrogen and oxygen atoms in total. The number of halogens is 3. The van der Waals surface area contributed by atoms with Crippen LogP contribution < -0.4 is 5.69 Å². The molecule has 21 heavy (non-hydrogen) atoms. The van der Waals surface area contributed by atoms with Crippen LogP contribution in [0.4, 0.5) is 13.2 Å². The molecule has 0 aliphatic carbocycles. The third kappa shape index (κ3) is 3.29. The predicted octanol–water partition coefficient (Wildman–Crippen LogP) is 3.36. The van der Waals surface area contributed by atoms with Gasteiger partial charge in [-0.1, -0.05) is 11.8 Å². The highest BCUT2D eigenvalue weighted by molar-refractivity contribution is 7.98. The van der Waals surface area contributed by atoms with E-state index in [1.165, 1.54) is 22.4 Å². The minimum absolute atomic E-state index is 0.350. The standard InChI is InChI=1S/C12H12F3N3OS2/c1-6(8-4-5-9(21-8)12(13,14)15)18-7(2)16-10(20-3)17-11(18)19/h4-6H,1-3H3. The van der Waals surface area contributed by atoms with Crippen LogP contribution in [-0.4, -0.2) is 20.8 Å². The van der Waals surface area contributed by atoms with Crippen LogP contribution in [0, 0.1) is 6.92 Å². The zero-order valence-electron chi connectivity index (χ0n) is 11.4. The van der Waals surface area contributed by atoms with E-state index in [1.807, 2.05) is 0 Å². The number of aryl methyl sites for hydroxylation is 1. The van der Waals surface area contributed by atoms with Crippen molar-refractivity contribution in [2.24, 2.45) is 0 Å². The van der Waals surface area contributed by atoms with Crippen molar-refractivity contribution in [2.75, 3.05) is 6.26 Å². The number of hydrogen-bond acceptors (Lipinski definition) is 5. The number of aromatic nitrogens is 3. The van der Waals surface area contributed by atoms with Crippen molar-refractivity contribution in [2.45, 2.75) is 31.2 Å². The second-order valence-electron chi connectivity index (χ2n) is 4.29. The molecule has 2 rings (SSSR count). The first-order valence-corrected chi connectivity index (χ1v) is 7.96. The third-order valence-corrected chi connectivity index (χ3v) is 4.74. The van der Waals surface area contributed by atoms with E-state index in [0.29, 0.717) is 27.2 Å². The van der Waals surface area contributed by atoms with E-state index in [2.05, 4.69) is 9.97 Å². The smallest absolute Gasteiger partial charge is 0.272 e. The molecule has 0 aromatic carbocycles. The van der Waals surface area contributed by atoms with Gasteiger partial charge in [0.15, 0.2) is 5.16 Å². The maximum absolute atomic E-state index is 12.6. The quantitative estimate of drug-likeness (QED) is 0.807. The summed E-state index contributed by atoms with van der Waals surface area (Å²) in [5, 5.41) is 0.350. The molecule has 2 aromatic heterocycles. The fourth-order valence-electron chi connectivity index (χ4n) is 1.89.